The summed E-state index contributed by atoms with van der Waals surface area (Å²) in [7, 11) is 0. The molecule has 0 spiro atoms. The predicted molar refractivity (Wildman–Crippen MR) is 80.8 cm³/mol. The van der Waals surface area contributed by atoms with Gasteiger partial charge in [0.25, 0.3) is 0 Å². The molecule has 0 fully saturated rings. The number of carboxylic acids is 1. The second-order valence-electron chi connectivity index (χ2n) is 4.54. The Morgan fingerprint density at radius 2 is 2.24 bits per heavy atom. The SMILES string of the molecule is Cc1nc(C(C)NC(=O)CCc2cscn2)sc1C(=O)O. The van der Waals surface area contributed by atoms with Crippen molar-refractivity contribution in [2.45, 2.75) is 32.7 Å². The number of aromatic carboxylic acids is 1. The molecule has 2 N–H and O–H groups in total. The molecule has 2 rings (SSSR count). The number of amides is 1. The van der Waals surface area contributed by atoms with E-state index < -0.39 is 5.97 Å². The Morgan fingerprint density at radius 3 is 2.81 bits per heavy atom. The van der Waals surface area contributed by atoms with Crippen LogP contribution < -0.4 is 5.32 Å². The monoisotopic (exact) mass is 325 g/mol. The van der Waals surface area contributed by atoms with Crippen LogP contribution in [0, 0.1) is 6.92 Å². The zero-order valence-corrected chi connectivity index (χ0v) is 13.3. The largest absolute Gasteiger partial charge is 0.477 e. The third-order valence-corrected chi connectivity index (χ3v) is 4.81. The lowest BCUT2D eigenvalue weighted by atomic mass is 10.2. The smallest absolute Gasteiger partial charge is 0.347 e. The van der Waals surface area contributed by atoms with Gasteiger partial charge in [-0.3, -0.25) is 4.79 Å². The summed E-state index contributed by atoms with van der Waals surface area (Å²) in [6.07, 6.45) is 0.948. The first-order valence-corrected chi connectivity index (χ1v) is 8.10. The minimum atomic E-state index is -0.988. The average molecular weight is 325 g/mol. The molecule has 0 radical (unpaired) electrons. The topological polar surface area (TPSA) is 92.2 Å². The second kappa shape index (κ2) is 6.77. The van der Waals surface area contributed by atoms with Gasteiger partial charge in [0.2, 0.25) is 5.91 Å². The predicted octanol–water partition coefficient (Wildman–Crippen LogP) is 2.42. The molecule has 1 atom stereocenters. The Kier molecular flexibility index (Phi) is 5.03. The number of hydrogen-bond donors (Lipinski definition) is 2. The second-order valence-corrected chi connectivity index (χ2v) is 6.29. The Hall–Kier alpha value is -1.80. The van der Waals surface area contributed by atoms with Crippen LogP contribution in [0.5, 0.6) is 0 Å². The van der Waals surface area contributed by atoms with Gasteiger partial charge in [-0.1, -0.05) is 0 Å². The summed E-state index contributed by atoms with van der Waals surface area (Å²) in [5.74, 6) is -1.08. The Morgan fingerprint density at radius 1 is 1.48 bits per heavy atom. The van der Waals surface area contributed by atoms with Gasteiger partial charge in [0.05, 0.1) is 22.9 Å². The molecule has 21 heavy (non-hydrogen) atoms. The highest BCUT2D eigenvalue weighted by molar-refractivity contribution is 7.13. The summed E-state index contributed by atoms with van der Waals surface area (Å²) in [6.45, 7) is 3.45. The number of carbonyl (C=O) groups is 2. The number of thiazole rings is 2. The Bertz CT molecular complexity index is 637. The van der Waals surface area contributed by atoms with Gasteiger partial charge in [-0.05, 0) is 20.3 Å². The normalized spacial score (nSPS) is 12.1. The number of nitrogens with zero attached hydrogens (tertiary/aromatic N) is 2. The quantitative estimate of drug-likeness (QED) is 0.851. The molecule has 0 aliphatic carbocycles. The van der Waals surface area contributed by atoms with Crippen LogP contribution in [0.1, 0.15) is 45.5 Å². The van der Waals surface area contributed by atoms with Gasteiger partial charge in [0.15, 0.2) is 0 Å². The molecule has 0 bridgehead atoms. The van der Waals surface area contributed by atoms with Crippen molar-refractivity contribution in [2.24, 2.45) is 0 Å². The summed E-state index contributed by atoms with van der Waals surface area (Å²) >= 11 is 2.60. The molecule has 0 aliphatic heterocycles. The molecule has 0 saturated heterocycles. The van der Waals surface area contributed by atoms with E-state index in [1.54, 1.807) is 19.4 Å². The van der Waals surface area contributed by atoms with E-state index in [4.69, 9.17) is 5.11 Å². The summed E-state index contributed by atoms with van der Waals surface area (Å²) in [4.78, 5) is 31.4. The van der Waals surface area contributed by atoms with Crippen LogP contribution in [0.2, 0.25) is 0 Å². The van der Waals surface area contributed by atoms with E-state index in [9.17, 15) is 9.59 Å². The van der Waals surface area contributed by atoms with Gasteiger partial charge in [-0.15, -0.1) is 22.7 Å². The fourth-order valence-electron chi connectivity index (χ4n) is 1.78. The molecule has 2 aromatic rings. The fraction of sp³-hybridized carbons (Fsp3) is 0.385. The van der Waals surface area contributed by atoms with Crippen LogP contribution in [0.25, 0.3) is 0 Å². The summed E-state index contributed by atoms with van der Waals surface area (Å²) in [6, 6.07) is -0.301. The van der Waals surface area contributed by atoms with E-state index >= 15 is 0 Å². The molecular formula is C13H15N3O3S2. The highest BCUT2D eigenvalue weighted by Gasteiger charge is 2.19. The minimum absolute atomic E-state index is 0.0970. The van der Waals surface area contributed by atoms with Gasteiger partial charge < -0.3 is 10.4 Å². The van der Waals surface area contributed by atoms with Crippen molar-refractivity contribution in [2.75, 3.05) is 0 Å². The van der Waals surface area contributed by atoms with Crippen LogP contribution >= 0.6 is 22.7 Å². The van der Waals surface area contributed by atoms with Crippen LogP contribution in [-0.2, 0) is 11.2 Å². The lowest BCUT2D eigenvalue weighted by molar-refractivity contribution is -0.121. The van der Waals surface area contributed by atoms with Gasteiger partial charge >= 0.3 is 5.97 Å². The average Bonchev–Trinajstić information content (AvgIpc) is 3.05. The number of hydrogen-bond acceptors (Lipinski definition) is 6. The van der Waals surface area contributed by atoms with Gasteiger partial charge in [-0.25, -0.2) is 14.8 Å². The Labute approximate surface area is 129 Å². The lowest BCUT2D eigenvalue weighted by Crippen LogP contribution is -2.26. The van der Waals surface area contributed by atoms with E-state index in [0.717, 1.165) is 17.0 Å². The lowest BCUT2D eigenvalue weighted by Gasteiger charge is -2.10. The fourth-order valence-corrected chi connectivity index (χ4v) is 3.28. The first-order valence-electron chi connectivity index (χ1n) is 6.34. The van der Waals surface area contributed by atoms with Crippen LogP contribution in [0.4, 0.5) is 0 Å². The molecule has 8 heteroatoms. The highest BCUT2D eigenvalue weighted by atomic mass is 32.1. The molecule has 1 amide bonds. The summed E-state index contributed by atoms with van der Waals surface area (Å²) in [5.41, 5.74) is 3.12. The third-order valence-electron chi connectivity index (χ3n) is 2.85. The van der Waals surface area contributed by atoms with Crippen molar-refractivity contribution >= 4 is 34.6 Å². The Balaban J connectivity index is 1.91. The molecule has 0 aromatic carbocycles. The van der Waals surface area contributed by atoms with Gasteiger partial charge in [-0.2, -0.15) is 0 Å². The van der Waals surface area contributed by atoms with Crippen molar-refractivity contribution in [3.8, 4) is 0 Å². The van der Waals surface area contributed by atoms with E-state index in [-0.39, 0.29) is 16.8 Å². The maximum Gasteiger partial charge on any atom is 0.347 e. The summed E-state index contributed by atoms with van der Waals surface area (Å²) in [5, 5.41) is 14.4. The number of carbonyl (C=O) groups excluding carboxylic acids is 1. The first-order chi connectivity index (χ1) is 9.97. The maximum absolute atomic E-state index is 11.9. The molecule has 0 saturated carbocycles. The zero-order chi connectivity index (χ0) is 15.4. The summed E-state index contributed by atoms with van der Waals surface area (Å²) < 4.78 is 0. The molecule has 2 aromatic heterocycles. The minimum Gasteiger partial charge on any atom is -0.477 e. The number of rotatable bonds is 6. The van der Waals surface area contributed by atoms with Gasteiger partial charge in [0, 0.05) is 11.8 Å². The molecule has 6 nitrogen and oxygen atoms in total. The van der Waals surface area contributed by atoms with E-state index in [1.807, 2.05) is 5.38 Å². The van der Waals surface area contributed by atoms with Crippen LogP contribution in [0.3, 0.4) is 0 Å². The van der Waals surface area contributed by atoms with Crippen molar-refractivity contribution < 1.29 is 14.7 Å². The van der Waals surface area contributed by atoms with E-state index in [1.165, 1.54) is 11.3 Å². The molecule has 2 heterocycles. The molecular weight excluding hydrogens is 310 g/mol. The van der Waals surface area contributed by atoms with Gasteiger partial charge in [0.1, 0.15) is 9.88 Å². The molecule has 0 aliphatic rings. The van der Waals surface area contributed by atoms with Crippen molar-refractivity contribution in [3.63, 3.8) is 0 Å². The number of aromatic nitrogens is 2. The zero-order valence-electron chi connectivity index (χ0n) is 11.6. The number of nitrogens with one attached hydrogen (secondary N) is 1. The van der Waals surface area contributed by atoms with E-state index in [0.29, 0.717) is 23.5 Å². The van der Waals surface area contributed by atoms with Crippen LogP contribution in [0.15, 0.2) is 10.9 Å². The third kappa shape index (κ3) is 4.08. The van der Waals surface area contributed by atoms with Crippen LogP contribution in [-0.4, -0.2) is 27.0 Å². The number of carboxylic acid groups (broad SMARTS) is 1. The van der Waals surface area contributed by atoms with Crippen molar-refractivity contribution in [1.29, 1.82) is 0 Å². The molecule has 1 unspecified atom stereocenters. The first kappa shape index (κ1) is 15.6. The maximum atomic E-state index is 11.9. The van der Waals surface area contributed by atoms with Crippen molar-refractivity contribution in [1.82, 2.24) is 15.3 Å². The molecule has 112 valence electrons. The van der Waals surface area contributed by atoms with E-state index in [2.05, 4.69) is 15.3 Å². The number of aryl methyl sites for hydroxylation is 2. The van der Waals surface area contributed by atoms with Crippen molar-refractivity contribution in [3.05, 3.63) is 32.2 Å². The highest BCUT2D eigenvalue weighted by Crippen LogP contribution is 2.23. The standard InChI is InChI=1S/C13H15N3O3S2/c1-7-11(13(18)19)21-12(16-7)8(2)15-10(17)4-3-9-5-20-6-14-9/h5-6,8H,3-4H2,1-2H3,(H,15,17)(H,18,19).